The molecule has 1 heterocycles. The van der Waals surface area contributed by atoms with Crippen LogP contribution in [0.4, 0.5) is 0 Å². The van der Waals surface area contributed by atoms with Crippen LogP contribution in [0.3, 0.4) is 0 Å². The summed E-state index contributed by atoms with van der Waals surface area (Å²) in [6.07, 6.45) is 0. The van der Waals surface area contributed by atoms with Gasteiger partial charge in [0.25, 0.3) is 0 Å². The van der Waals surface area contributed by atoms with E-state index in [2.05, 4.69) is 4.98 Å². The summed E-state index contributed by atoms with van der Waals surface area (Å²) < 4.78 is 5.48. The molecule has 0 spiro atoms. The zero-order valence-corrected chi connectivity index (χ0v) is 11.0. The molecule has 0 atom stereocenters. The van der Waals surface area contributed by atoms with E-state index in [4.69, 9.17) is 10.3 Å². The second-order valence-electron chi connectivity index (χ2n) is 4.96. The lowest BCUT2D eigenvalue weighted by molar-refractivity contribution is -0.135. The number of hydrogen-bond donors (Lipinski definition) is 1. The molecular weight excluding hydrogens is 230 g/mol. The van der Waals surface area contributed by atoms with E-state index >= 15 is 0 Å². The maximum absolute atomic E-state index is 12.1. The Morgan fingerprint density at radius 3 is 2.72 bits per heavy atom. The first-order chi connectivity index (χ1) is 8.32. The van der Waals surface area contributed by atoms with Crippen LogP contribution in [-0.2, 0) is 10.2 Å². The summed E-state index contributed by atoms with van der Waals surface area (Å²) in [5, 5.41) is 1.11. The molecule has 0 aliphatic heterocycles. The largest absolute Gasteiger partial charge is 0.441 e. The highest BCUT2D eigenvalue weighted by molar-refractivity contribution is 5.88. The zero-order valence-electron chi connectivity index (χ0n) is 11.0. The average molecular weight is 247 g/mol. The summed E-state index contributed by atoms with van der Waals surface area (Å²) in [6.45, 7) is 5.47. The standard InChI is InChI=1S/C13H17N3O2/c1-8-15-10-6-5-9(7-11(10)18-8)13(2,3)12(17)16(4)14/h5-7H,14H2,1-4H3. The van der Waals surface area contributed by atoms with Crippen molar-refractivity contribution in [3.63, 3.8) is 0 Å². The predicted molar refractivity (Wildman–Crippen MR) is 68.7 cm³/mol. The van der Waals surface area contributed by atoms with Crippen molar-refractivity contribution in [1.29, 1.82) is 0 Å². The average Bonchev–Trinajstić information content (AvgIpc) is 2.66. The van der Waals surface area contributed by atoms with E-state index in [1.54, 1.807) is 14.0 Å². The van der Waals surface area contributed by atoms with Gasteiger partial charge in [-0.25, -0.2) is 10.8 Å². The number of fused-ring (bicyclic) bond motifs is 1. The number of rotatable bonds is 2. The number of carbonyl (C=O) groups is 1. The topological polar surface area (TPSA) is 72.4 Å². The minimum atomic E-state index is -0.696. The van der Waals surface area contributed by atoms with Gasteiger partial charge in [-0.2, -0.15) is 0 Å². The van der Waals surface area contributed by atoms with Crippen LogP contribution < -0.4 is 5.84 Å². The molecule has 0 bridgehead atoms. The van der Waals surface area contributed by atoms with Gasteiger partial charge in [0.2, 0.25) is 5.91 Å². The highest BCUT2D eigenvalue weighted by Crippen LogP contribution is 2.28. The number of hydrogen-bond acceptors (Lipinski definition) is 4. The van der Waals surface area contributed by atoms with Crippen molar-refractivity contribution >= 4 is 17.0 Å². The van der Waals surface area contributed by atoms with Gasteiger partial charge in [-0.15, -0.1) is 0 Å². The highest BCUT2D eigenvalue weighted by Gasteiger charge is 2.32. The fourth-order valence-electron chi connectivity index (χ4n) is 1.99. The molecule has 0 radical (unpaired) electrons. The molecule has 0 saturated heterocycles. The van der Waals surface area contributed by atoms with Crippen LogP contribution in [0.1, 0.15) is 25.3 Å². The minimum Gasteiger partial charge on any atom is -0.441 e. The maximum atomic E-state index is 12.1. The fraction of sp³-hybridized carbons (Fsp3) is 0.385. The van der Waals surface area contributed by atoms with Crippen molar-refractivity contribution in [1.82, 2.24) is 9.99 Å². The van der Waals surface area contributed by atoms with Crippen LogP contribution in [0.25, 0.3) is 11.1 Å². The van der Waals surface area contributed by atoms with Crippen LogP contribution in [0.5, 0.6) is 0 Å². The SMILES string of the molecule is Cc1nc2ccc(C(C)(C)C(=O)N(C)N)cc2o1. The number of benzene rings is 1. The van der Waals surface area contributed by atoms with E-state index in [0.717, 1.165) is 16.1 Å². The van der Waals surface area contributed by atoms with Crippen LogP contribution >= 0.6 is 0 Å². The van der Waals surface area contributed by atoms with E-state index in [0.29, 0.717) is 11.5 Å². The normalized spacial score (nSPS) is 11.8. The number of hydrazine groups is 1. The van der Waals surface area contributed by atoms with Crippen molar-refractivity contribution in [2.75, 3.05) is 7.05 Å². The Hall–Kier alpha value is -1.88. The summed E-state index contributed by atoms with van der Waals surface area (Å²) >= 11 is 0. The lowest BCUT2D eigenvalue weighted by atomic mass is 9.83. The number of amides is 1. The molecule has 1 aromatic heterocycles. The lowest BCUT2D eigenvalue weighted by Gasteiger charge is -2.26. The summed E-state index contributed by atoms with van der Waals surface area (Å²) in [7, 11) is 1.54. The van der Waals surface area contributed by atoms with E-state index < -0.39 is 5.41 Å². The Morgan fingerprint density at radius 2 is 2.11 bits per heavy atom. The first-order valence-corrected chi connectivity index (χ1v) is 5.73. The summed E-state index contributed by atoms with van der Waals surface area (Å²) in [5.74, 6) is 5.98. The third-order valence-corrected chi connectivity index (χ3v) is 3.07. The molecule has 96 valence electrons. The third kappa shape index (κ3) is 1.97. The van der Waals surface area contributed by atoms with Crippen LogP contribution in [-0.4, -0.2) is 22.9 Å². The first kappa shape index (κ1) is 12.6. The van der Waals surface area contributed by atoms with Gasteiger partial charge in [-0.05, 0) is 31.5 Å². The molecule has 0 fully saturated rings. The van der Waals surface area contributed by atoms with Crippen molar-refractivity contribution in [2.45, 2.75) is 26.2 Å². The molecule has 2 rings (SSSR count). The minimum absolute atomic E-state index is 0.155. The zero-order chi connectivity index (χ0) is 13.5. The molecule has 1 aromatic carbocycles. The van der Waals surface area contributed by atoms with Gasteiger partial charge < -0.3 is 4.42 Å². The first-order valence-electron chi connectivity index (χ1n) is 5.73. The van der Waals surface area contributed by atoms with Gasteiger partial charge in [0, 0.05) is 14.0 Å². The quantitative estimate of drug-likeness (QED) is 0.498. The number of likely N-dealkylation sites (N-methyl/N-ethyl adjacent to an activating group) is 1. The number of carbonyl (C=O) groups excluding carboxylic acids is 1. The van der Waals surface area contributed by atoms with Gasteiger partial charge in [0.1, 0.15) is 5.52 Å². The molecule has 0 aliphatic rings. The van der Waals surface area contributed by atoms with E-state index in [9.17, 15) is 4.79 Å². The maximum Gasteiger partial charge on any atom is 0.246 e. The molecule has 2 N–H and O–H groups in total. The van der Waals surface area contributed by atoms with Crippen molar-refractivity contribution in [3.05, 3.63) is 29.7 Å². The lowest BCUT2D eigenvalue weighted by Crippen LogP contribution is -2.44. The number of aryl methyl sites for hydroxylation is 1. The number of aromatic nitrogens is 1. The molecular formula is C13H17N3O2. The van der Waals surface area contributed by atoms with Gasteiger partial charge in [-0.3, -0.25) is 9.80 Å². The summed E-state index contributed by atoms with van der Waals surface area (Å²) in [6, 6.07) is 5.58. The predicted octanol–water partition coefficient (Wildman–Crippen LogP) is 1.75. The number of oxazole rings is 1. The molecule has 1 amide bonds. The third-order valence-electron chi connectivity index (χ3n) is 3.07. The Kier molecular flexibility index (Phi) is 2.86. The Morgan fingerprint density at radius 1 is 1.44 bits per heavy atom. The second kappa shape index (κ2) is 4.10. The van der Waals surface area contributed by atoms with Crippen LogP contribution in [0.15, 0.2) is 22.6 Å². The molecule has 0 saturated carbocycles. The second-order valence-corrected chi connectivity index (χ2v) is 4.96. The fourth-order valence-corrected chi connectivity index (χ4v) is 1.99. The molecule has 2 aromatic rings. The van der Waals surface area contributed by atoms with Gasteiger partial charge in [0.05, 0.1) is 5.41 Å². The summed E-state index contributed by atoms with van der Waals surface area (Å²) in [5.41, 5.74) is 1.64. The number of nitrogens with zero attached hydrogens (tertiary/aromatic N) is 2. The van der Waals surface area contributed by atoms with Crippen molar-refractivity contribution in [3.8, 4) is 0 Å². The number of nitrogens with two attached hydrogens (primary N) is 1. The Labute approximate surface area is 106 Å². The molecule has 5 nitrogen and oxygen atoms in total. The van der Waals surface area contributed by atoms with Crippen molar-refractivity contribution < 1.29 is 9.21 Å². The van der Waals surface area contributed by atoms with Gasteiger partial charge >= 0.3 is 0 Å². The molecule has 18 heavy (non-hydrogen) atoms. The smallest absolute Gasteiger partial charge is 0.246 e. The monoisotopic (exact) mass is 247 g/mol. The van der Waals surface area contributed by atoms with Crippen LogP contribution in [0.2, 0.25) is 0 Å². The van der Waals surface area contributed by atoms with E-state index in [1.165, 1.54) is 0 Å². The molecule has 5 heteroatoms. The van der Waals surface area contributed by atoms with Crippen LogP contribution in [0, 0.1) is 6.92 Å². The Balaban J connectivity index is 2.50. The Bertz CT molecular complexity index is 599. The molecule has 0 aliphatic carbocycles. The summed E-state index contributed by atoms with van der Waals surface area (Å²) in [4.78, 5) is 16.3. The molecule has 0 unspecified atom stereocenters. The van der Waals surface area contributed by atoms with Crippen molar-refractivity contribution in [2.24, 2.45) is 5.84 Å². The van der Waals surface area contributed by atoms with E-state index in [1.807, 2.05) is 32.0 Å². The van der Waals surface area contributed by atoms with E-state index in [-0.39, 0.29) is 5.91 Å². The van der Waals surface area contributed by atoms with Gasteiger partial charge in [0.15, 0.2) is 11.5 Å². The highest BCUT2D eigenvalue weighted by atomic mass is 16.3. The van der Waals surface area contributed by atoms with Gasteiger partial charge in [-0.1, -0.05) is 6.07 Å².